The van der Waals surface area contributed by atoms with Gasteiger partial charge in [-0.15, -0.1) is 0 Å². The highest BCUT2D eigenvalue weighted by molar-refractivity contribution is 6.30. The molecule has 2 heterocycles. The summed E-state index contributed by atoms with van der Waals surface area (Å²) in [7, 11) is 0. The first-order chi connectivity index (χ1) is 9.06. The standard InChI is InChI=1S/C13H16ClN3O2/c14-8-1-4-12(13(5-8)17(18)19)16-10-2-3-11(16)7-9(15)6-10/h1,4-5,9-11H,2-3,6-7,15H2. The molecule has 0 aliphatic carbocycles. The molecular weight excluding hydrogens is 266 g/mol. The van der Waals surface area contributed by atoms with Crippen LogP contribution in [0.25, 0.3) is 0 Å². The van der Waals surface area contributed by atoms with Crippen LogP contribution in [-0.2, 0) is 0 Å². The Morgan fingerprint density at radius 2 is 1.95 bits per heavy atom. The molecule has 2 N–H and O–H groups in total. The van der Waals surface area contributed by atoms with Gasteiger partial charge < -0.3 is 10.6 Å². The van der Waals surface area contributed by atoms with Gasteiger partial charge in [0.1, 0.15) is 5.69 Å². The van der Waals surface area contributed by atoms with E-state index in [4.69, 9.17) is 17.3 Å². The lowest BCUT2D eigenvalue weighted by molar-refractivity contribution is -0.384. The monoisotopic (exact) mass is 281 g/mol. The number of nitrogens with zero attached hydrogens (tertiary/aromatic N) is 2. The van der Waals surface area contributed by atoms with Crippen LogP contribution in [0.1, 0.15) is 25.7 Å². The quantitative estimate of drug-likeness (QED) is 0.668. The molecule has 1 aromatic rings. The maximum absolute atomic E-state index is 11.2. The molecule has 5 nitrogen and oxygen atoms in total. The molecule has 2 fully saturated rings. The Morgan fingerprint density at radius 1 is 1.32 bits per heavy atom. The Hall–Kier alpha value is -1.33. The van der Waals surface area contributed by atoms with Gasteiger partial charge in [-0.25, -0.2) is 0 Å². The summed E-state index contributed by atoms with van der Waals surface area (Å²) < 4.78 is 0. The molecule has 6 heteroatoms. The van der Waals surface area contributed by atoms with E-state index in [1.807, 2.05) is 0 Å². The zero-order valence-electron chi connectivity index (χ0n) is 10.5. The summed E-state index contributed by atoms with van der Waals surface area (Å²) in [4.78, 5) is 13.1. The van der Waals surface area contributed by atoms with Crippen LogP contribution in [0.3, 0.4) is 0 Å². The Bertz CT molecular complexity index is 509. The van der Waals surface area contributed by atoms with Crippen LogP contribution in [0.5, 0.6) is 0 Å². The molecule has 0 radical (unpaired) electrons. The summed E-state index contributed by atoms with van der Waals surface area (Å²) in [5.74, 6) is 0. The Balaban J connectivity index is 2.01. The first kappa shape index (κ1) is 12.7. The molecule has 2 saturated heterocycles. The van der Waals surface area contributed by atoms with Crippen molar-refractivity contribution in [2.45, 2.75) is 43.8 Å². The van der Waals surface area contributed by atoms with Crippen LogP contribution in [0.4, 0.5) is 11.4 Å². The fourth-order valence-corrected chi connectivity index (χ4v) is 3.64. The Morgan fingerprint density at radius 3 is 2.53 bits per heavy atom. The van der Waals surface area contributed by atoms with Crippen molar-refractivity contribution >= 4 is 23.0 Å². The van der Waals surface area contributed by atoms with Gasteiger partial charge in [0.15, 0.2) is 0 Å². The van der Waals surface area contributed by atoms with Crippen LogP contribution in [0.15, 0.2) is 18.2 Å². The minimum atomic E-state index is -0.352. The van der Waals surface area contributed by atoms with Gasteiger partial charge in [-0.2, -0.15) is 0 Å². The summed E-state index contributed by atoms with van der Waals surface area (Å²) in [5, 5.41) is 11.6. The number of nitrogens with two attached hydrogens (primary N) is 1. The molecule has 1 aromatic carbocycles. The van der Waals surface area contributed by atoms with Crippen molar-refractivity contribution in [3.8, 4) is 0 Å². The number of benzene rings is 1. The van der Waals surface area contributed by atoms with Crippen LogP contribution >= 0.6 is 11.6 Å². The predicted octanol–water partition coefficient (Wildman–Crippen LogP) is 2.71. The van der Waals surface area contributed by atoms with E-state index in [1.54, 1.807) is 12.1 Å². The fourth-order valence-electron chi connectivity index (χ4n) is 3.47. The van der Waals surface area contributed by atoms with E-state index in [9.17, 15) is 10.1 Å². The zero-order valence-corrected chi connectivity index (χ0v) is 11.2. The highest BCUT2D eigenvalue weighted by Gasteiger charge is 2.41. The third kappa shape index (κ3) is 2.17. The van der Waals surface area contributed by atoms with Crippen molar-refractivity contribution in [3.63, 3.8) is 0 Å². The number of piperidine rings is 1. The van der Waals surface area contributed by atoms with Crippen molar-refractivity contribution in [3.05, 3.63) is 33.3 Å². The maximum Gasteiger partial charge on any atom is 0.294 e. The number of anilines is 1. The van der Waals surface area contributed by atoms with E-state index in [0.29, 0.717) is 22.8 Å². The summed E-state index contributed by atoms with van der Waals surface area (Å²) in [6, 6.07) is 5.80. The Kier molecular flexibility index (Phi) is 3.11. The minimum absolute atomic E-state index is 0.0971. The number of nitro groups is 1. The number of hydrogen-bond donors (Lipinski definition) is 1. The van der Waals surface area contributed by atoms with E-state index in [-0.39, 0.29) is 16.7 Å². The number of rotatable bonds is 2. The van der Waals surface area contributed by atoms with Gasteiger partial charge in [-0.05, 0) is 37.8 Å². The van der Waals surface area contributed by atoms with E-state index in [0.717, 1.165) is 25.7 Å². The van der Waals surface area contributed by atoms with Gasteiger partial charge in [0.2, 0.25) is 0 Å². The van der Waals surface area contributed by atoms with Gasteiger partial charge in [0.25, 0.3) is 5.69 Å². The summed E-state index contributed by atoms with van der Waals surface area (Å²) >= 11 is 5.87. The van der Waals surface area contributed by atoms with Crippen molar-refractivity contribution in [2.24, 2.45) is 5.73 Å². The highest BCUT2D eigenvalue weighted by Crippen LogP contribution is 2.43. The van der Waals surface area contributed by atoms with Crippen molar-refractivity contribution in [1.82, 2.24) is 0 Å². The lowest BCUT2D eigenvalue weighted by atomic mass is 9.97. The van der Waals surface area contributed by atoms with Crippen molar-refractivity contribution in [1.29, 1.82) is 0 Å². The third-order valence-electron chi connectivity index (χ3n) is 4.18. The first-order valence-electron chi connectivity index (χ1n) is 6.54. The predicted molar refractivity (Wildman–Crippen MR) is 74.6 cm³/mol. The largest absolute Gasteiger partial charge is 0.360 e. The van der Waals surface area contributed by atoms with Crippen LogP contribution in [-0.4, -0.2) is 23.0 Å². The molecule has 0 spiro atoms. The molecule has 0 aromatic heterocycles. The highest BCUT2D eigenvalue weighted by atomic mass is 35.5. The fraction of sp³-hybridized carbons (Fsp3) is 0.538. The zero-order chi connectivity index (χ0) is 13.6. The maximum atomic E-state index is 11.2. The molecule has 2 atom stereocenters. The minimum Gasteiger partial charge on any atom is -0.360 e. The lowest BCUT2D eigenvalue weighted by Crippen LogP contribution is -2.47. The molecule has 0 saturated carbocycles. The second-order valence-corrected chi connectivity index (χ2v) is 5.85. The summed E-state index contributed by atoms with van der Waals surface area (Å²) in [6.45, 7) is 0. The van der Waals surface area contributed by atoms with E-state index >= 15 is 0 Å². The topological polar surface area (TPSA) is 72.4 Å². The smallest absolute Gasteiger partial charge is 0.294 e. The van der Waals surface area contributed by atoms with Crippen molar-refractivity contribution in [2.75, 3.05) is 4.90 Å². The lowest BCUT2D eigenvalue weighted by Gasteiger charge is -2.39. The molecular formula is C13H16ClN3O2. The van der Waals surface area contributed by atoms with E-state index in [1.165, 1.54) is 6.07 Å². The summed E-state index contributed by atoms with van der Waals surface area (Å²) in [6.07, 6.45) is 3.96. The number of halogens is 1. The molecule has 2 aliphatic heterocycles. The van der Waals surface area contributed by atoms with Crippen molar-refractivity contribution < 1.29 is 4.92 Å². The van der Waals surface area contributed by atoms with Gasteiger partial charge in [-0.1, -0.05) is 11.6 Å². The van der Waals surface area contributed by atoms with Crippen LogP contribution < -0.4 is 10.6 Å². The molecule has 2 aliphatic rings. The van der Waals surface area contributed by atoms with Gasteiger partial charge >= 0.3 is 0 Å². The average molecular weight is 282 g/mol. The molecule has 2 unspecified atom stereocenters. The van der Waals surface area contributed by atoms with Gasteiger partial charge in [-0.3, -0.25) is 10.1 Å². The molecule has 102 valence electrons. The van der Waals surface area contributed by atoms with E-state index < -0.39 is 0 Å². The van der Waals surface area contributed by atoms with E-state index in [2.05, 4.69) is 4.90 Å². The normalized spacial score (nSPS) is 29.6. The average Bonchev–Trinajstić information content (AvgIpc) is 2.62. The third-order valence-corrected chi connectivity index (χ3v) is 4.42. The van der Waals surface area contributed by atoms with Gasteiger partial charge in [0, 0.05) is 29.2 Å². The number of nitro benzene ring substituents is 1. The molecule has 2 bridgehead atoms. The summed E-state index contributed by atoms with van der Waals surface area (Å²) in [5.41, 5.74) is 6.82. The molecule has 19 heavy (non-hydrogen) atoms. The van der Waals surface area contributed by atoms with Gasteiger partial charge in [0.05, 0.1) is 4.92 Å². The SMILES string of the molecule is NC1CC2CCC(C1)N2c1ccc(Cl)cc1[N+](=O)[O-]. The second-order valence-electron chi connectivity index (χ2n) is 5.41. The second kappa shape index (κ2) is 4.65. The van der Waals surface area contributed by atoms with Crippen LogP contribution in [0.2, 0.25) is 5.02 Å². The number of fused-ring (bicyclic) bond motifs is 2. The van der Waals surface area contributed by atoms with Crippen LogP contribution in [0, 0.1) is 10.1 Å². The first-order valence-corrected chi connectivity index (χ1v) is 6.92. The molecule has 3 rings (SSSR count). The molecule has 0 amide bonds. The number of hydrogen-bond acceptors (Lipinski definition) is 4. The Labute approximate surface area is 116 Å².